The molecule has 1 aromatic carbocycles. The van der Waals surface area contributed by atoms with Gasteiger partial charge in [-0.3, -0.25) is 0 Å². The molecule has 0 aliphatic rings. The van der Waals surface area contributed by atoms with Crippen LogP contribution in [0.3, 0.4) is 0 Å². The van der Waals surface area contributed by atoms with Gasteiger partial charge in [-0.15, -0.1) is 5.10 Å². The van der Waals surface area contributed by atoms with Crippen LogP contribution >= 0.6 is 0 Å². The number of hydrogen-bond donors (Lipinski definition) is 0. The highest BCUT2D eigenvalue weighted by Crippen LogP contribution is 2.12. The van der Waals surface area contributed by atoms with Gasteiger partial charge in [0.15, 0.2) is 0 Å². The van der Waals surface area contributed by atoms with Crippen molar-refractivity contribution in [1.82, 2.24) is 14.7 Å². The number of hydrogen-bond acceptors (Lipinski definition) is 3. The lowest BCUT2D eigenvalue weighted by Crippen LogP contribution is -2.25. The van der Waals surface area contributed by atoms with E-state index in [1.54, 1.807) is 31.0 Å². The molecular formula is C12H13N3O2. The lowest BCUT2D eigenvalue weighted by Gasteiger charge is -2.08. The summed E-state index contributed by atoms with van der Waals surface area (Å²) in [6, 6.07) is 11.3. The van der Waals surface area contributed by atoms with Gasteiger partial charge in [0.25, 0.3) is 0 Å². The molecule has 0 radical (unpaired) electrons. The molecule has 2 rings (SSSR count). The molecule has 0 unspecified atom stereocenters. The van der Waals surface area contributed by atoms with E-state index in [1.807, 2.05) is 30.3 Å². The van der Waals surface area contributed by atoms with Crippen LogP contribution in [0.2, 0.25) is 0 Å². The van der Waals surface area contributed by atoms with Crippen molar-refractivity contribution in [3.8, 4) is 11.6 Å². The Bertz CT molecular complexity index is 505. The lowest BCUT2D eigenvalue weighted by atomic mass is 10.3. The van der Waals surface area contributed by atoms with Gasteiger partial charge < -0.3 is 9.64 Å². The zero-order valence-electron chi connectivity index (χ0n) is 9.70. The van der Waals surface area contributed by atoms with Crippen molar-refractivity contribution in [3.05, 3.63) is 42.6 Å². The summed E-state index contributed by atoms with van der Waals surface area (Å²) in [7, 11) is 3.24. The minimum atomic E-state index is -0.441. The largest absolute Gasteiger partial charge is 0.416 e. The van der Waals surface area contributed by atoms with Crippen LogP contribution < -0.4 is 4.74 Å². The molecule has 0 aliphatic carbocycles. The highest BCUT2D eigenvalue weighted by Gasteiger charge is 2.09. The van der Waals surface area contributed by atoms with Crippen molar-refractivity contribution in [2.24, 2.45) is 0 Å². The summed E-state index contributed by atoms with van der Waals surface area (Å²) in [5, 5.41) is 4.15. The Morgan fingerprint density at radius 3 is 2.59 bits per heavy atom. The van der Waals surface area contributed by atoms with Gasteiger partial charge in [0.1, 0.15) is 0 Å². The van der Waals surface area contributed by atoms with Gasteiger partial charge in [-0.1, -0.05) is 18.2 Å². The van der Waals surface area contributed by atoms with Crippen LogP contribution in [0, 0.1) is 0 Å². The summed E-state index contributed by atoms with van der Waals surface area (Å²) in [6.07, 6.45) is 1.30. The molecule has 0 saturated heterocycles. The fourth-order valence-electron chi connectivity index (χ4n) is 1.27. The summed E-state index contributed by atoms with van der Waals surface area (Å²) in [5.74, 6) is 0.285. The Morgan fingerprint density at radius 1 is 1.24 bits per heavy atom. The van der Waals surface area contributed by atoms with Crippen LogP contribution in [-0.4, -0.2) is 34.9 Å². The fourth-order valence-corrected chi connectivity index (χ4v) is 1.27. The van der Waals surface area contributed by atoms with E-state index < -0.39 is 6.09 Å². The number of aromatic nitrogens is 2. The van der Waals surface area contributed by atoms with E-state index in [2.05, 4.69) is 5.10 Å². The monoisotopic (exact) mass is 231 g/mol. The first-order valence-corrected chi connectivity index (χ1v) is 5.17. The van der Waals surface area contributed by atoms with Crippen LogP contribution in [0.5, 0.6) is 5.88 Å². The second kappa shape index (κ2) is 4.69. The molecule has 1 aromatic heterocycles. The number of carbonyl (C=O) groups excluding carboxylic acids is 1. The summed E-state index contributed by atoms with van der Waals surface area (Å²) < 4.78 is 6.68. The summed E-state index contributed by atoms with van der Waals surface area (Å²) in [6.45, 7) is 0. The number of rotatable bonds is 2. The van der Waals surface area contributed by atoms with Crippen LogP contribution in [0.4, 0.5) is 4.79 Å². The van der Waals surface area contributed by atoms with E-state index >= 15 is 0 Å². The minimum absolute atomic E-state index is 0.285. The molecule has 0 saturated carbocycles. The third-order valence-electron chi connectivity index (χ3n) is 2.14. The molecular weight excluding hydrogens is 218 g/mol. The molecule has 0 bridgehead atoms. The average Bonchev–Trinajstić information content (AvgIpc) is 2.78. The molecule has 88 valence electrons. The predicted molar refractivity (Wildman–Crippen MR) is 63.3 cm³/mol. The van der Waals surface area contributed by atoms with Crippen LogP contribution in [0.25, 0.3) is 5.69 Å². The van der Waals surface area contributed by atoms with Crippen LogP contribution in [0.15, 0.2) is 42.6 Å². The summed E-state index contributed by atoms with van der Waals surface area (Å²) in [5.41, 5.74) is 0.916. The maximum atomic E-state index is 11.3. The van der Waals surface area contributed by atoms with Crippen molar-refractivity contribution in [1.29, 1.82) is 0 Å². The molecule has 5 heteroatoms. The quantitative estimate of drug-likeness (QED) is 0.793. The second-order valence-electron chi connectivity index (χ2n) is 3.70. The Hall–Kier alpha value is -2.30. The highest BCUT2D eigenvalue weighted by molar-refractivity contribution is 5.69. The van der Waals surface area contributed by atoms with E-state index in [9.17, 15) is 4.79 Å². The second-order valence-corrected chi connectivity index (χ2v) is 3.70. The predicted octanol–water partition coefficient (Wildman–Crippen LogP) is 1.93. The number of carbonyl (C=O) groups is 1. The Morgan fingerprint density at radius 2 is 1.94 bits per heavy atom. The lowest BCUT2D eigenvalue weighted by molar-refractivity contribution is 0.170. The van der Waals surface area contributed by atoms with Gasteiger partial charge in [0, 0.05) is 26.4 Å². The average molecular weight is 231 g/mol. The van der Waals surface area contributed by atoms with Crippen molar-refractivity contribution in [2.45, 2.75) is 0 Å². The van der Waals surface area contributed by atoms with E-state index in [4.69, 9.17) is 4.74 Å². The van der Waals surface area contributed by atoms with Crippen LogP contribution in [-0.2, 0) is 0 Å². The molecule has 0 N–H and O–H groups in total. The summed E-state index contributed by atoms with van der Waals surface area (Å²) >= 11 is 0. The zero-order valence-corrected chi connectivity index (χ0v) is 9.70. The maximum absolute atomic E-state index is 11.3. The Labute approximate surface area is 99.2 Å². The van der Waals surface area contributed by atoms with Crippen molar-refractivity contribution >= 4 is 6.09 Å². The third kappa shape index (κ3) is 2.63. The van der Waals surface area contributed by atoms with Gasteiger partial charge in [0.2, 0.25) is 5.88 Å². The fraction of sp³-hybridized carbons (Fsp3) is 0.167. The van der Waals surface area contributed by atoms with Gasteiger partial charge in [-0.25, -0.2) is 9.48 Å². The molecule has 0 spiro atoms. The first kappa shape index (κ1) is 11.2. The first-order valence-electron chi connectivity index (χ1n) is 5.17. The molecule has 0 fully saturated rings. The Balaban J connectivity index is 2.14. The van der Waals surface area contributed by atoms with E-state index in [1.165, 1.54) is 4.90 Å². The summed E-state index contributed by atoms with van der Waals surface area (Å²) in [4.78, 5) is 12.7. The molecule has 1 amide bonds. The van der Waals surface area contributed by atoms with E-state index in [0.717, 1.165) is 5.69 Å². The van der Waals surface area contributed by atoms with Gasteiger partial charge in [0.05, 0.1) is 5.69 Å². The number of para-hydroxylation sites is 1. The standard InChI is InChI=1S/C12H13N3O2/c1-14(2)12(16)17-11-8-9-15(13-11)10-6-4-3-5-7-10/h3-9H,1-2H3. The zero-order chi connectivity index (χ0) is 12.3. The molecule has 2 aromatic rings. The molecule has 0 aliphatic heterocycles. The van der Waals surface area contributed by atoms with Crippen molar-refractivity contribution < 1.29 is 9.53 Å². The van der Waals surface area contributed by atoms with Gasteiger partial charge in [-0.2, -0.15) is 0 Å². The SMILES string of the molecule is CN(C)C(=O)Oc1ccn(-c2ccccc2)n1. The van der Waals surface area contributed by atoms with Crippen molar-refractivity contribution in [2.75, 3.05) is 14.1 Å². The smallest absolute Gasteiger partial charge is 0.389 e. The number of amides is 1. The van der Waals surface area contributed by atoms with E-state index in [-0.39, 0.29) is 5.88 Å². The molecule has 17 heavy (non-hydrogen) atoms. The number of benzene rings is 1. The first-order chi connectivity index (χ1) is 8.16. The minimum Gasteiger partial charge on any atom is -0.389 e. The number of nitrogens with zero attached hydrogens (tertiary/aromatic N) is 3. The highest BCUT2D eigenvalue weighted by atomic mass is 16.6. The topological polar surface area (TPSA) is 47.4 Å². The normalized spacial score (nSPS) is 10.0. The van der Waals surface area contributed by atoms with E-state index in [0.29, 0.717) is 0 Å². The van der Waals surface area contributed by atoms with Gasteiger partial charge in [-0.05, 0) is 12.1 Å². The molecule has 0 atom stereocenters. The Kier molecular flexibility index (Phi) is 3.09. The molecule has 5 nitrogen and oxygen atoms in total. The van der Waals surface area contributed by atoms with Crippen LogP contribution in [0.1, 0.15) is 0 Å². The molecule has 1 heterocycles. The number of ether oxygens (including phenoxy) is 1. The maximum Gasteiger partial charge on any atom is 0.416 e. The van der Waals surface area contributed by atoms with Crippen molar-refractivity contribution in [3.63, 3.8) is 0 Å². The third-order valence-corrected chi connectivity index (χ3v) is 2.14. The van der Waals surface area contributed by atoms with Gasteiger partial charge >= 0.3 is 6.09 Å².